The molecule has 1 aliphatic heterocycles. The molecule has 1 heterocycles. The first kappa shape index (κ1) is 14.1. The van der Waals surface area contributed by atoms with Crippen molar-refractivity contribution in [1.29, 1.82) is 0 Å². The summed E-state index contributed by atoms with van der Waals surface area (Å²) >= 11 is 0. The van der Waals surface area contributed by atoms with Gasteiger partial charge in [-0.3, -0.25) is 4.90 Å². The first-order valence-corrected chi connectivity index (χ1v) is 7.50. The van der Waals surface area contributed by atoms with Crippen LogP contribution in [0.1, 0.15) is 16.7 Å². The van der Waals surface area contributed by atoms with Crippen molar-refractivity contribution in [1.82, 2.24) is 10.2 Å². The van der Waals surface area contributed by atoms with E-state index in [1.165, 1.54) is 16.7 Å². The highest BCUT2D eigenvalue weighted by molar-refractivity contribution is 5.34. The standard InChI is InChI=1S/C18H22N2O/c1-19-12-15-5-4-6-16(11-15)13-20-9-10-21-18-8-3-2-7-17(18)14-20/h2-8,11,19H,9-10,12-14H2,1H3. The molecule has 1 N–H and O–H groups in total. The maximum Gasteiger partial charge on any atom is 0.123 e. The smallest absolute Gasteiger partial charge is 0.123 e. The van der Waals surface area contributed by atoms with E-state index >= 15 is 0 Å². The Bertz CT molecular complexity index is 597. The molecule has 0 aliphatic carbocycles. The van der Waals surface area contributed by atoms with Gasteiger partial charge in [0.1, 0.15) is 12.4 Å². The van der Waals surface area contributed by atoms with Crippen molar-refractivity contribution >= 4 is 0 Å². The Balaban J connectivity index is 1.72. The highest BCUT2D eigenvalue weighted by Gasteiger charge is 2.14. The lowest BCUT2D eigenvalue weighted by molar-refractivity contribution is 0.219. The van der Waals surface area contributed by atoms with Crippen molar-refractivity contribution in [2.75, 3.05) is 20.2 Å². The molecule has 0 saturated heterocycles. The molecule has 110 valence electrons. The van der Waals surface area contributed by atoms with Gasteiger partial charge >= 0.3 is 0 Å². The van der Waals surface area contributed by atoms with Crippen LogP contribution in [0.15, 0.2) is 48.5 Å². The number of fused-ring (bicyclic) bond motifs is 1. The van der Waals surface area contributed by atoms with Gasteiger partial charge in [0.25, 0.3) is 0 Å². The third-order valence-corrected chi connectivity index (χ3v) is 3.81. The van der Waals surface area contributed by atoms with E-state index in [4.69, 9.17) is 4.74 Å². The summed E-state index contributed by atoms with van der Waals surface area (Å²) in [6.07, 6.45) is 0. The van der Waals surface area contributed by atoms with Crippen molar-refractivity contribution in [2.45, 2.75) is 19.6 Å². The molecule has 0 aromatic heterocycles. The minimum absolute atomic E-state index is 0.757. The van der Waals surface area contributed by atoms with Crippen LogP contribution in [0.25, 0.3) is 0 Å². The first-order chi connectivity index (χ1) is 10.3. The van der Waals surface area contributed by atoms with E-state index in [0.29, 0.717) is 0 Å². The highest BCUT2D eigenvalue weighted by atomic mass is 16.5. The van der Waals surface area contributed by atoms with E-state index in [-0.39, 0.29) is 0 Å². The van der Waals surface area contributed by atoms with Crippen LogP contribution in [-0.2, 0) is 19.6 Å². The average Bonchev–Trinajstić information content (AvgIpc) is 2.69. The lowest BCUT2D eigenvalue weighted by Crippen LogP contribution is -2.25. The molecular weight excluding hydrogens is 260 g/mol. The zero-order chi connectivity index (χ0) is 14.5. The molecule has 0 bridgehead atoms. The predicted octanol–water partition coefficient (Wildman–Crippen LogP) is 2.80. The molecule has 0 saturated carbocycles. The minimum atomic E-state index is 0.757. The third-order valence-electron chi connectivity index (χ3n) is 3.81. The Hall–Kier alpha value is -1.84. The predicted molar refractivity (Wildman–Crippen MR) is 85.3 cm³/mol. The topological polar surface area (TPSA) is 24.5 Å². The van der Waals surface area contributed by atoms with Crippen LogP contribution < -0.4 is 10.1 Å². The van der Waals surface area contributed by atoms with Gasteiger partial charge in [0.2, 0.25) is 0 Å². The van der Waals surface area contributed by atoms with Crippen LogP contribution >= 0.6 is 0 Å². The average molecular weight is 282 g/mol. The molecule has 0 fully saturated rings. The van der Waals surface area contributed by atoms with E-state index < -0.39 is 0 Å². The fraction of sp³-hybridized carbons (Fsp3) is 0.333. The second-order valence-electron chi connectivity index (χ2n) is 5.52. The molecule has 2 aromatic rings. The summed E-state index contributed by atoms with van der Waals surface area (Å²) in [4.78, 5) is 2.45. The second-order valence-corrected chi connectivity index (χ2v) is 5.52. The summed E-state index contributed by atoms with van der Waals surface area (Å²) in [5.41, 5.74) is 3.98. The molecule has 3 heteroatoms. The Labute approximate surface area is 126 Å². The Kier molecular flexibility index (Phi) is 4.53. The zero-order valence-corrected chi connectivity index (χ0v) is 12.5. The molecule has 0 radical (unpaired) electrons. The molecule has 0 spiro atoms. The molecule has 21 heavy (non-hydrogen) atoms. The highest BCUT2D eigenvalue weighted by Crippen LogP contribution is 2.23. The lowest BCUT2D eigenvalue weighted by Gasteiger charge is -2.19. The molecule has 3 nitrogen and oxygen atoms in total. The number of nitrogens with zero attached hydrogens (tertiary/aromatic N) is 1. The van der Waals surface area contributed by atoms with E-state index in [9.17, 15) is 0 Å². The van der Waals surface area contributed by atoms with Crippen LogP contribution in [0.4, 0.5) is 0 Å². The Morgan fingerprint density at radius 1 is 1.10 bits per heavy atom. The normalized spacial score (nSPS) is 15.1. The van der Waals surface area contributed by atoms with Gasteiger partial charge in [-0.25, -0.2) is 0 Å². The summed E-state index contributed by atoms with van der Waals surface area (Å²) in [6.45, 7) is 4.56. The van der Waals surface area contributed by atoms with Crippen LogP contribution in [0.3, 0.4) is 0 Å². The van der Waals surface area contributed by atoms with Gasteiger partial charge in [-0.1, -0.05) is 42.5 Å². The van der Waals surface area contributed by atoms with Gasteiger partial charge in [-0.15, -0.1) is 0 Å². The second kappa shape index (κ2) is 6.74. The molecule has 0 atom stereocenters. The van der Waals surface area contributed by atoms with Crippen molar-refractivity contribution in [3.05, 3.63) is 65.2 Å². The van der Waals surface area contributed by atoms with Crippen molar-refractivity contribution < 1.29 is 4.74 Å². The summed E-state index contributed by atoms with van der Waals surface area (Å²) in [7, 11) is 1.98. The van der Waals surface area contributed by atoms with Crippen LogP contribution in [0, 0.1) is 0 Å². The van der Waals surface area contributed by atoms with Crippen LogP contribution in [0.2, 0.25) is 0 Å². The molecule has 2 aromatic carbocycles. The minimum Gasteiger partial charge on any atom is -0.492 e. The van der Waals surface area contributed by atoms with Gasteiger partial charge in [0.05, 0.1) is 0 Å². The van der Waals surface area contributed by atoms with Gasteiger partial charge in [0, 0.05) is 31.7 Å². The molecule has 1 aliphatic rings. The van der Waals surface area contributed by atoms with Gasteiger partial charge in [0.15, 0.2) is 0 Å². The first-order valence-electron chi connectivity index (χ1n) is 7.50. The molecule has 0 unspecified atom stereocenters. The number of nitrogens with one attached hydrogen (secondary N) is 1. The monoisotopic (exact) mass is 282 g/mol. The van der Waals surface area contributed by atoms with Crippen LogP contribution in [-0.4, -0.2) is 25.1 Å². The van der Waals surface area contributed by atoms with E-state index in [0.717, 1.165) is 38.5 Å². The Morgan fingerprint density at radius 3 is 2.86 bits per heavy atom. The van der Waals surface area contributed by atoms with E-state index in [2.05, 4.69) is 52.7 Å². The van der Waals surface area contributed by atoms with Gasteiger partial charge in [-0.2, -0.15) is 0 Å². The lowest BCUT2D eigenvalue weighted by atomic mass is 10.1. The van der Waals surface area contributed by atoms with Crippen molar-refractivity contribution in [3.8, 4) is 5.75 Å². The van der Waals surface area contributed by atoms with Crippen molar-refractivity contribution in [3.63, 3.8) is 0 Å². The summed E-state index contributed by atoms with van der Waals surface area (Å²) in [5, 5.41) is 3.20. The summed E-state index contributed by atoms with van der Waals surface area (Å²) < 4.78 is 5.83. The largest absolute Gasteiger partial charge is 0.492 e. The quantitative estimate of drug-likeness (QED) is 0.933. The maximum atomic E-state index is 5.83. The maximum absolute atomic E-state index is 5.83. The van der Waals surface area contributed by atoms with Crippen LogP contribution in [0.5, 0.6) is 5.75 Å². The number of hydrogen-bond acceptors (Lipinski definition) is 3. The van der Waals surface area contributed by atoms with Crippen molar-refractivity contribution in [2.24, 2.45) is 0 Å². The molecular formula is C18H22N2O. The number of para-hydroxylation sites is 1. The SMILES string of the molecule is CNCc1cccc(CN2CCOc3ccccc3C2)c1. The summed E-state index contributed by atoms with van der Waals surface area (Å²) in [6, 6.07) is 17.1. The number of hydrogen-bond donors (Lipinski definition) is 1. The number of ether oxygens (including phenoxy) is 1. The zero-order valence-electron chi connectivity index (χ0n) is 12.5. The summed E-state index contributed by atoms with van der Waals surface area (Å²) in [5.74, 6) is 1.03. The van der Waals surface area contributed by atoms with E-state index in [1.54, 1.807) is 0 Å². The fourth-order valence-corrected chi connectivity index (χ4v) is 2.82. The van der Waals surface area contributed by atoms with Gasteiger partial charge in [-0.05, 0) is 24.2 Å². The number of rotatable bonds is 4. The molecule has 3 rings (SSSR count). The third kappa shape index (κ3) is 3.63. The Morgan fingerprint density at radius 2 is 1.95 bits per heavy atom. The number of benzene rings is 2. The van der Waals surface area contributed by atoms with Gasteiger partial charge < -0.3 is 10.1 Å². The van der Waals surface area contributed by atoms with E-state index in [1.807, 2.05) is 13.1 Å². The fourth-order valence-electron chi connectivity index (χ4n) is 2.82. The molecule has 0 amide bonds.